The van der Waals surface area contributed by atoms with E-state index in [4.69, 9.17) is 22.3 Å². The topological polar surface area (TPSA) is 119 Å². The predicted molar refractivity (Wildman–Crippen MR) is 100 cm³/mol. The van der Waals surface area contributed by atoms with E-state index in [0.29, 0.717) is 0 Å². The Morgan fingerprint density at radius 1 is 0.917 bits per heavy atom. The van der Waals surface area contributed by atoms with Crippen molar-refractivity contribution in [1.82, 2.24) is 6.15 Å². The van der Waals surface area contributed by atoms with Crippen LogP contribution in [-0.4, -0.2) is 24.1 Å². The van der Waals surface area contributed by atoms with Crippen LogP contribution >= 0.6 is 0 Å². The molecule has 6 nitrogen and oxygen atoms in total. The first kappa shape index (κ1) is 27.4. The molecule has 5 N–H and O–H groups in total. The van der Waals surface area contributed by atoms with Gasteiger partial charge in [0.25, 0.3) is 0 Å². The van der Waals surface area contributed by atoms with Crippen molar-refractivity contribution in [3.63, 3.8) is 0 Å². The van der Waals surface area contributed by atoms with Crippen LogP contribution < -0.4 is 10.9 Å². The summed E-state index contributed by atoms with van der Waals surface area (Å²) < 4.78 is 37.2. The van der Waals surface area contributed by atoms with Crippen LogP contribution in [0.4, 0.5) is 0 Å². The van der Waals surface area contributed by atoms with Gasteiger partial charge in [-0.15, -0.1) is 13.2 Å². The maximum atomic E-state index is 8.74. The summed E-state index contributed by atoms with van der Waals surface area (Å²) in [4.78, 5) is 0. The Kier molecular flexibility index (Phi) is 22.4. The lowest BCUT2D eigenvalue weighted by atomic mass is 10.1. The van der Waals surface area contributed by atoms with Crippen molar-refractivity contribution in [3.8, 4) is 5.75 Å². The minimum Gasteiger partial charge on any atom is -0.494 e. The maximum Gasteiger partial charge on any atom is 0.394 e. The van der Waals surface area contributed by atoms with Gasteiger partial charge in [-0.2, -0.15) is 8.42 Å². The number of rotatable bonds is 9. The van der Waals surface area contributed by atoms with Gasteiger partial charge in [-0.05, 0) is 18.6 Å². The third-order valence-electron chi connectivity index (χ3n) is 2.76. The smallest absolute Gasteiger partial charge is 0.394 e. The third-order valence-corrected chi connectivity index (χ3v) is 2.76. The molecule has 0 unspecified atom stereocenters. The van der Waals surface area contributed by atoms with E-state index >= 15 is 0 Å². The summed E-state index contributed by atoms with van der Waals surface area (Å²) in [5.74, 6) is 0.994. The molecule has 0 heterocycles. The van der Waals surface area contributed by atoms with Gasteiger partial charge in [0.15, 0.2) is 0 Å². The van der Waals surface area contributed by atoms with Gasteiger partial charge >= 0.3 is 10.4 Å². The molecule has 0 aliphatic rings. The molecule has 0 aromatic heterocycles. The van der Waals surface area contributed by atoms with E-state index < -0.39 is 10.4 Å². The van der Waals surface area contributed by atoms with Gasteiger partial charge in [-0.25, -0.2) is 0 Å². The van der Waals surface area contributed by atoms with Crippen molar-refractivity contribution in [3.05, 3.63) is 43.5 Å². The zero-order valence-corrected chi connectivity index (χ0v) is 15.5. The van der Waals surface area contributed by atoms with Crippen LogP contribution in [0.25, 0.3) is 0 Å². The molecule has 1 aromatic carbocycles. The molecule has 0 spiro atoms. The lowest BCUT2D eigenvalue weighted by Gasteiger charge is -2.05. The summed E-state index contributed by atoms with van der Waals surface area (Å²) in [6, 6.07) is 10.1. The highest BCUT2D eigenvalue weighted by molar-refractivity contribution is 7.79. The fourth-order valence-corrected chi connectivity index (χ4v) is 1.77. The molecular weight excluding hydrogens is 330 g/mol. The first-order chi connectivity index (χ1) is 10.9. The van der Waals surface area contributed by atoms with E-state index in [1.165, 1.54) is 44.9 Å². The van der Waals surface area contributed by atoms with Gasteiger partial charge in [0.1, 0.15) is 5.75 Å². The largest absolute Gasteiger partial charge is 0.494 e. The number of unbranched alkanes of at least 4 members (excludes halogenated alkanes) is 6. The number of hydrogen-bond acceptors (Lipinski definition) is 4. The van der Waals surface area contributed by atoms with Gasteiger partial charge < -0.3 is 10.9 Å². The molecule has 0 fully saturated rings. The van der Waals surface area contributed by atoms with Crippen molar-refractivity contribution < 1.29 is 22.3 Å². The Morgan fingerprint density at radius 2 is 1.33 bits per heavy atom. The third kappa shape index (κ3) is 28.7. The number of hydrogen-bond donors (Lipinski definition) is 3. The van der Waals surface area contributed by atoms with Crippen LogP contribution in [0.3, 0.4) is 0 Å². The normalized spacial score (nSPS) is 9.46. The molecule has 1 rings (SSSR count). The molecule has 0 radical (unpaired) electrons. The summed E-state index contributed by atoms with van der Waals surface area (Å²) in [6.45, 7) is 9.12. The molecule has 0 saturated carbocycles. The molecule has 142 valence electrons. The molecule has 24 heavy (non-hydrogen) atoms. The Hall–Kier alpha value is -1.41. The zero-order valence-electron chi connectivity index (χ0n) is 14.7. The van der Waals surface area contributed by atoms with Crippen molar-refractivity contribution in [2.45, 2.75) is 51.9 Å². The van der Waals surface area contributed by atoms with Crippen LogP contribution in [-0.2, 0) is 10.4 Å². The Morgan fingerprint density at radius 3 is 1.79 bits per heavy atom. The Labute approximate surface area is 147 Å². The van der Waals surface area contributed by atoms with Crippen molar-refractivity contribution >= 4 is 10.4 Å². The molecular formula is C17H33NO5S. The van der Waals surface area contributed by atoms with Crippen molar-refractivity contribution in [1.29, 1.82) is 0 Å². The second kappa shape index (κ2) is 19.6. The molecule has 7 heteroatoms. The van der Waals surface area contributed by atoms with Gasteiger partial charge in [0, 0.05) is 0 Å². The average molecular weight is 364 g/mol. The van der Waals surface area contributed by atoms with E-state index in [1.807, 2.05) is 30.3 Å². The minimum atomic E-state index is -4.67. The van der Waals surface area contributed by atoms with Crippen molar-refractivity contribution in [2.24, 2.45) is 0 Å². The molecule has 0 aliphatic heterocycles. The van der Waals surface area contributed by atoms with Crippen molar-refractivity contribution in [2.75, 3.05) is 6.61 Å². The SMILES string of the molecule is C=C.CCCCCCCCCOc1ccccc1.N.O=S(=O)(O)O. The molecule has 0 atom stereocenters. The summed E-state index contributed by atoms with van der Waals surface area (Å²) in [5.41, 5.74) is 0. The molecule has 0 bridgehead atoms. The Bertz CT molecular complexity index is 443. The molecule has 0 aliphatic carbocycles. The molecule has 0 amide bonds. The molecule has 1 aromatic rings. The van der Waals surface area contributed by atoms with E-state index in [1.54, 1.807) is 0 Å². The quantitative estimate of drug-likeness (QED) is 0.318. The van der Waals surface area contributed by atoms with E-state index in [-0.39, 0.29) is 6.15 Å². The monoisotopic (exact) mass is 363 g/mol. The summed E-state index contributed by atoms with van der Waals surface area (Å²) >= 11 is 0. The number of benzene rings is 1. The average Bonchev–Trinajstić information content (AvgIpc) is 2.51. The summed E-state index contributed by atoms with van der Waals surface area (Å²) in [7, 11) is -4.67. The van der Waals surface area contributed by atoms with Gasteiger partial charge in [-0.3, -0.25) is 9.11 Å². The minimum absolute atomic E-state index is 0. The lowest BCUT2D eigenvalue weighted by molar-refractivity contribution is 0.304. The first-order valence-corrected chi connectivity index (χ1v) is 9.21. The highest BCUT2D eigenvalue weighted by atomic mass is 32.3. The first-order valence-electron chi connectivity index (χ1n) is 7.81. The predicted octanol–water partition coefficient (Wildman–Crippen LogP) is 5.13. The number of ether oxygens (including phenoxy) is 1. The fourth-order valence-electron chi connectivity index (χ4n) is 1.77. The molecule has 0 saturated heterocycles. The lowest BCUT2D eigenvalue weighted by Crippen LogP contribution is -1.96. The van der Waals surface area contributed by atoms with Gasteiger partial charge in [0.05, 0.1) is 6.61 Å². The Balaban J connectivity index is -0.000000474. The maximum absolute atomic E-state index is 8.74. The van der Waals surface area contributed by atoms with Gasteiger partial charge in [0.2, 0.25) is 0 Å². The standard InChI is InChI=1S/C15H24O.C2H4.H3N.H2O4S/c1-2-3-4-5-6-7-11-14-16-15-12-9-8-10-13-15;1-2;;1-5(2,3)4/h8-10,12-13H,2-7,11,14H2,1H3;1-2H2;1H3;(H2,1,2,3,4). The van der Waals surface area contributed by atoms with Crippen LogP contribution in [0.2, 0.25) is 0 Å². The second-order valence-corrected chi connectivity index (χ2v) is 5.63. The van der Waals surface area contributed by atoms with Crippen LogP contribution in [0.5, 0.6) is 5.75 Å². The second-order valence-electron chi connectivity index (χ2n) is 4.73. The summed E-state index contributed by atoms with van der Waals surface area (Å²) in [5, 5.41) is 0. The van der Waals surface area contributed by atoms with Crippen LogP contribution in [0.1, 0.15) is 51.9 Å². The van der Waals surface area contributed by atoms with Crippen LogP contribution in [0.15, 0.2) is 43.5 Å². The van der Waals surface area contributed by atoms with E-state index in [0.717, 1.165) is 12.4 Å². The zero-order chi connectivity index (χ0) is 18.0. The highest BCUT2D eigenvalue weighted by Gasteiger charge is 1.93. The van der Waals surface area contributed by atoms with E-state index in [9.17, 15) is 0 Å². The summed E-state index contributed by atoms with van der Waals surface area (Å²) in [6.07, 6.45) is 9.35. The highest BCUT2D eigenvalue weighted by Crippen LogP contribution is 2.10. The van der Waals surface area contributed by atoms with Gasteiger partial charge in [-0.1, -0.05) is 63.6 Å². The fraction of sp³-hybridized carbons (Fsp3) is 0.529. The number of para-hydroxylation sites is 1. The van der Waals surface area contributed by atoms with Crippen LogP contribution in [0, 0.1) is 0 Å². The van der Waals surface area contributed by atoms with E-state index in [2.05, 4.69) is 20.1 Å².